The van der Waals surface area contributed by atoms with Gasteiger partial charge in [0, 0.05) is 31.1 Å². The molecular weight excluding hydrogens is 653 g/mol. The van der Waals surface area contributed by atoms with Crippen molar-refractivity contribution in [2.24, 2.45) is 5.92 Å². The number of carbonyl (C=O) groups is 3. The summed E-state index contributed by atoms with van der Waals surface area (Å²) in [6.45, 7) is 1.36. The molecule has 47 heavy (non-hydrogen) atoms. The van der Waals surface area contributed by atoms with E-state index in [4.69, 9.17) is 20.8 Å². The highest BCUT2D eigenvalue weighted by Crippen LogP contribution is 2.31. The highest BCUT2D eigenvalue weighted by atomic mass is 35.5. The van der Waals surface area contributed by atoms with Crippen molar-refractivity contribution in [1.29, 1.82) is 0 Å². The van der Waals surface area contributed by atoms with Gasteiger partial charge >= 0.3 is 5.97 Å². The van der Waals surface area contributed by atoms with Gasteiger partial charge in [-0.15, -0.1) is 0 Å². The molecule has 252 valence electrons. The molecule has 2 saturated heterocycles. The van der Waals surface area contributed by atoms with Crippen molar-refractivity contribution in [3.05, 3.63) is 64.6 Å². The number of carbonyl (C=O) groups excluding carboxylic acids is 2. The van der Waals surface area contributed by atoms with Gasteiger partial charge in [0.05, 0.1) is 58.9 Å². The molecule has 0 unspecified atom stereocenters. The largest absolute Gasteiger partial charge is 0.481 e. The third kappa shape index (κ3) is 7.64. The Morgan fingerprint density at radius 1 is 1.09 bits per heavy atom. The molecule has 2 amide bonds. The standard InChI is InChI=1S/C33H37ClFN3O8S/c34-27-13-21(28(35)16-29(27)36-32(40)26-19-46-30-4-2-1-3-25(26)30)14-31(39)38-17-22(37-9-11-47(43,44)12-10-37)15-23(38)18-45-24-7-5-20(6-8-24)33(41)42/h1-4,13,16,19-20,22-24H,5-12,14-15,17-18H2,(H,36,40)(H,41,42)/t20-,22-,23-,24-/m0/s1. The van der Waals surface area contributed by atoms with Gasteiger partial charge in [0.25, 0.3) is 5.91 Å². The molecule has 3 heterocycles. The average molecular weight is 690 g/mol. The van der Waals surface area contributed by atoms with Crippen LogP contribution in [-0.4, -0.2) is 97.0 Å². The first-order valence-electron chi connectivity index (χ1n) is 15.8. The zero-order chi connectivity index (χ0) is 33.3. The molecule has 2 N–H and O–H groups in total. The zero-order valence-corrected chi connectivity index (χ0v) is 27.3. The average Bonchev–Trinajstić information content (AvgIpc) is 3.67. The summed E-state index contributed by atoms with van der Waals surface area (Å²) in [6, 6.07) is 9.08. The fourth-order valence-corrected chi connectivity index (χ4v) is 8.33. The van der Waals surface area contributed by atoms with E-state index in [1.54, 1.807) is 29.2 Å². The van der Waals surface area contributed by atoms with Crippen LogP contribution in [0.1, 0.15) is 48.0 Å². The van der Waals surface area contributed by atoms with E-state index in [9.17, 15) is 27.9 Å². The topological polar surface area (TPSA) is 146 Å². The highest BCUT2D eigenvalue weighted by Gasteiger charge is 2.40. The number of carboxylic acids is 1. The van der Waals surface area contributed by atoms with Crippen LogP contribution in [-0.2, 0) is 30.6 Å². The number of fused-ring (bicyclic) bond motifs is 1. The minimum absolute atomic E-state index is 0.0563. The minimum Gasteiger partial charge on any atom is -0.481 e. The molecule has 1 aromatic heterocycles. The number of sulfone groups is 1. The number of carboxylic acid groups (broad SMARTS) is 1. The van der Waals surface area contributed by atoms with Crippen molar-refractivity contribution in [3.8, 4) is 0 Å². The van der Waals surface area contributed by atoms with Gasteiger partial charge in [-0.3, -0.25) is 19.3 Å². The summed E-state index contributed by atoms with van der Waals surface area (Å²) in [7, 11) is -3.08. The Hall–Kier alpha value is -3.52. The molecule has 3 aliphatic rings. The number of likely N-dealkylation sites (tertiary alicyclic amines) is 1. The number of hydrogen-bond donors (Lipinski definition) is 2. The van der Waals surface area contributed by atoms with Gasteiger partial charge in [-0.25, -0.2) is 12.8 Å². The number of hydrogen-bond acceptors (Lipinski definition) is 8. The van der Waals surface area contributed by atoms with E-state index < -0.39 is 27.5 Å². The summed E-state index contributed by atoms with van der Waals surface area (Å²) in [5, 5.41) is 12.6. The molecule has 1 saturated carbocycles. The van der Waals surface area contributed by atoms with Crippen LogP contribution < -0.4 is 5.32 Å². The number of nitrogens with one attached hydrogen (secondary N) is 1. The lowest BCUT2D eigenvalue weighted by Gasteiger charge is -2.31. The third-order valence-corrected chi connectivity index (χ3v) is 11.5. The Labute approximate surface area is 276 Å². The molecule has 0 spiro atoms. The summed E-state index contributed by atoms with van der Waals surface area (Å²) in [6.07, 6.45) is 3.83. The van der Waals surface area contributed by atoms with Crippen molar-refractivity contribution >= 4 is 55.9 Å². The molecule has 3 aromatic rings. The number of nitrogens with zero attached hydrogens (tertiary/aromatic N) is 2. The smallest absolute Gasteiger partial charge is 0.306 e. The summed E-state index contributed by atoms with van der Waals surface area (Å²) < 4.78 is 51.1. The van der Waals surface area contributed by atoms with Crippen molar-refractivity contribution in [1.82, 2.24) is 9.80 Å². The van der Waals surface area contributed by atoms with Crippen LogP contribution in [0.3, 0.4) is 0 Å². The van der Waals surface area contributed by atoms with E-state index in [2.05, 4.69) is 10.2 Å². The monoisotopic (exact) mass is 689 g/mol. The summed E-state index contributed by atoms with van der Waals surface area (Å²) >= 11 is 6.47. The summed E-state index contributed by atoms with van der Waals surface area (Å²) in [5.41, 5.74) is 0.939. The lowest BCUT2D eigenvalue weighted by molar-refractivity contribution is -0.144. The Morgan fingerprint density at radius 2 is 1.81 bits per heavy atom. The molecule has 2 aliphatic heterocycles. The Balaban J connectivity index is 1.13. The van der Waals surface area contributed by atoms with Gasteiger partial charge in [-0.05, 0) is 55.9 Å². The zero-order valence-electron chi connectivity index (χ0n) is 25.7. The van der Waals surface area contributed by atoms with Crippen molar-refractivity contribution in [3.63, 3.8) is 0 Å². The maximum Gasteiger partial charge on any atom is 0.306 e. The SMILES string of the molecule is O=C(Nc1cc(F)c(CC(=O)N2C[C@@H](N3CCS(=O)(=O)CC3)C[C@H]2CO[C@H]2CC[C@H](C(=O)O)CC2)cc1Cl)c1coc2ccccc12. The van der Waals surface area contributed by atoms with E-state index in [0.717, 1.165) is 6.07 Å². The Kier molecular flexibility index (Phi) is 9.88. The molecule has 3 fully saturated rings. The number of anilines is 1. The molecule has 0 radical (unpaired) electrons. The molecule has 6 rings (SSSR count). The Bertz CT molecular complexity index is 1760. The lowest BCUT2D eigenvalue weighted by Crippen LogP contribution is -2.47. The van der Waals surface area contributed by atoms with Crippen LogP contribution in [0.5, 0.6) is 0 Å². The summed E-state index contributed by atoms with van der Waals surface area (Å²) in [4.78, 5) is 41.8. The van der Waals surface area contributed by atoms with Gasteiger partial charge in [-0.2, -0.15) is 0 Å². The van der Waals surface area contributed by atoms with Crippen molar-refractivity contribution in [2.45, 2.75) is 56.7 Å². The molecule has 2 aromatic carbocycles. The van der Waals surface area contributed by atoms with Crippen molar-refractivity contribution in [2.75, 3.05) is 43.1 Å². The minimum atomic E-state index is -3.08. The van der Waals surface area contributed by atoms with Gasteiger partial charge in [0.1, 0.15) is 17.7 Å². The van der Waals surface area contributed by atoms with Gasteiger partial charge in [-0.1, -0.05) is 29.8 Å². The molecule has 14 heteroatoms. The molecule has 11 nitrogen and oxygen atoms in total. The first kappa shape index (κ1) is 33.4. The number of benzene rings is 2. The van der Waals surface area contributed by atoms with Crippen LogP contribution in [0.25, 0.3) is 11.0 Å². The Morgan fingerprint density at radius 3 is 2.53 bits per heavy atom. The first-order valence-corrected chi connectivity index (χ1v) is 18.0. The number of para-hydroxylation sites is 1. The number of furan rings is 1. The number of aliphatic carboxylic acids is 1. The van der Waals surface area contributed by atoms with Crippen LogP contribution in [0.4, 0.5) is 10.1 Å². The van der Waals surface area contributed by atoms with E-state index in [0.29, 0.717) is 62.7 Å². The maximum absolute atomic E-state index is 15.4. The van der Waals surface area contributed by atoms with Crippen LogP contribution in [0.15, 0.2) is 47.1 Å². The number of halogens is 2. The lowest BCUT2D eigenvalue weighted by atomic mass is 9.87. The molecule has 0 bridgehead atoms. The second-order valence-electron chi connectivity index (χ2n) is 12.6. The quantitative estimate of drug-likeness (QED) is 0.334. The number of rotatable bonds is 9. The normalized spacial score (nSPS) is 24.8. The van der Waals surface area contributed by atoms with Gasteiger partial charge in [0.15, 0.2) is 9.84 Å². The van der Waals surface area contributed by atoms with Gasteiger partial charge in [0.2, 0.25) is 5.91 Å². The van der Waals surface area contributed by atoms with Crippen LogP contribution in [0, 0.1) is 11.7 Å². The molecular formula is C33H37ClFN3O8S. The first-order chi connectivity index (χ1) is 22.5. The fourth-order valence-electron chi connectivity index (χ4n) is 6.86. The van der Waals surface area contributed by atoms with E-state index >= 15 is 4.39 Å². The maximum atomic E-state index is 15.4. The summed E-state index contributed by atoms with van der Waals surface area (Å²) in [5.74, 6) is -2.58. The third-order valence-electron chi connectivity index (χ3n) is 9.61. The predicted octanol–water partition coefficient (Wildman–Crippen LogP) is 4.38. The van der Waals surface area contributed by atoms with Crippen molar-refractivity contribution < 1.29 is 41.5 Å². The second kappa shape index (κ2) is 13.9. The van der Waals surface area contributed by atoms with E-state index in [-0.39, 0.29) is 76.4 Å². The fraction of sp³-hybridized carbons (Fsp3) is 0.485. The van der Waals surface area contributed by atoms with Crippen LogP contribution in [0.2, 0.25) is 5.02 Å². The predicted molar refractivity (Wildman–Crippen MR) is 173 cm³/mol. The highest BCUT2D eigenvalue weighted by molar-refractivity contribution is 7.91. The second-order valence-corrected chi connectivity index (χ2v) is 15.3. The van der Waals surface area contributed by atoms with Crippen LogP contribution >= 0.6 is 11.6 Å². The number of amides is 2. The van der Waals surface area contributed by atoms with E-state index in [1.165, 1.54) is 12.3 Å². The van der Waals surface area contributed by atoms with E-state index in [1.807, 2.05) is 0 Å². The number of ether oxygens (including phenoxy) is 1. The van der Waals surface area contributed by atoms with Gasteiger partial charge < -0.3 is 24.5 Å². The molecule has 1 aliphatic carbocycles. The molecule has 2 atom stereocenters.